The largest absolute Gasteiger partial charge is 0.491 e. The van der Waals surface area contributed by atoms with Gasteiger partial charge in [-0.05, 0) is 30.5 Å². The molecule has 0 spiro atoms. The number of hydrogen-bond acceptors (Lipinski definition) is 3. The molecule has 0 heterocycles. The molecule has 0 saturated heterocycles. The zero-order valence-electron chi connectivity index (χ0n) is 10.6. The number of ether oxygens (including phenoxy) is 1. The number of hydrogen-bond donors (Lipinski definition) is 1. The minimum Gasteiger partial charge on any atom is -0.491 e. The van der Waals surface area contributed by atoms with E-state index in [2.05, 4.69) is 6.07 Å². The average Bonchev–Trinajstić information content (AvgIpc) is 2.39. The van der Waals surface area contributed by atoms with E-state index in [9.17, 15) is 5.11 Å². The van der Waals surface area contributed by atoms with Crippen molar-refractivity contribution < 1.29 is 9.84 Å². The second kappa shape index (κ2) is 5.88. The Morgan fingerprint density at radius 2 is 1.83 bits per heavy atom. The van der Waals surface area contributed by atoms with Crippen molar-refractivity contribution >= 4 is 0 Å². The molecule has 1 saturated carbocycles. The van der Waals surface area contributed by atoms with Crippen molar-refractivity contribution in [2.24, 2.45) is 0 Å². The van der Waals surface area contributed by atoms with Crippen LogP contribution in [0.2, 0.25) is 0 Å². The molecule has 3 heteroatoms. The first-order chi connectivity index (χ1) is 8.72. The van der Waals surface area contributed by atoms with Crippen LogP contribution in [0.3, 0.4) is 0 Å². The van der Waals surface area contributed by atoms with E-state index >= 15 is 0 Å². The molecular formula is C15H19NO2. The zero-order chi connectivity index (χ0) is 12.8. The maximum Gasteiger partial charge on any atom is 0.119 e. The number of aliphatic hydroxyl groups is 1. The Labute approximate surface area is 108 Å². The van der Waals surface area contributed by atoms with Crippen molar-refractivity contribution in [3.63, 3.8) is 0 Å². The number of nitrogens with zero attached hydrogens (tertiary/aromatic N) is 1. The molecule has 96 valence electrons. The van der Waals surface area contributed by atoms with Gasteiger partial charge in [0.2, 0.25) is 0 Å². The van der Waals surface area contributed by atoms with Gasteiger partial charge in [0.1, 0.15) is 12.4 Å². The van der Waals surface area contributed by atoms with E-state index < -0.39 is 5.60 Å². The summed E-state index contributed by atoms with van der Waals surface area (Å²) in [5.41, 5.74) is 0.338. The molecule has 0 radical (unpaired) electrons. The van der Waals surface area contributed by atoms with Crippen LogP contribution in [0.25, 0.3) is 0 Å². The Morgan fingerprint density at radius 3 is 2.44 bits per heavy atom. The van der Waals surface area contributed by atoms with Gasteiger partial charge in [-0.15, -0.1) is 0 Å². The van der Waals surface area contributed by atoms with Crippen LogP contribution in [-0.4, -0.2) is 17.3 Å². The number of nitriles is 1. The van der Waals surface area contributed by atoms with Gasteiger partial charge < -0.3 is 9.84 Å². The summed E-state index contributed by atoms with van der Waals surface area (Å²) in [4.78, 5) is 0. The molecule has 0 amide bonds. The van der Waals surface area contributed by atoms with Crippen LogP contribution in [0.4, 0.5) is 0 Å². The fraction of sp³-hybridized carbons (Fsp3) is 0.533. The SMILES string of the molecule is N#CCc1ccc(OCC2(O)CCCCC2)cc1. The Bertz CT molecular complexity index is 413. The highest BCUT2D eigenvalue weighted by molar-refractivity contribution is 5.28. The zero-order valence-corrected chi connectivity index (χ0v) is 10.6. The third-order valence-corrected chi connectivity index (χ3v) is 3.50. The molecule has 1 aliphatic carbocycles. The quantitative estimate of drug-likeness (QED) is 0.887. The van der Waals surface area contributed by atoms with Crippen LogP contribution < -0.4 is 4.74 Å². The predicted octanol–water partition coefficient (Wildman–Crippen LogP) is 2.83. The Hall–Kier alpha value is -1.53. The van der Waals surface area contributed by atoms with E-state index in [4.69, 9.17) is 10.00 Å². The maximum absolute atomic E-state index is 10.3. The molecule has 1 N–H and O–H groups in total. The highest BCUT2D eigenvalue weighted by Crippen LogP contribution is 2.28. The van der Waals surface area contributed by atoms with Crippen molar-refractivity contribution in [1.29, 1.82) is 5.26 Å². The third-order valence-electron chi connectivity index (χ3n) is 3.50. The first-order valence-electron chi connectivity index (χ1n) is 6.53. The Morgan fingerprint density at radius 1 is 1.17 bits per heavy atom. The standard InChI is InChI=1S/C15H19NO2/c16-11-8-13-4-6-14(7-5-13)18-12-15(17)9-2-1-3-10-15/h4-7,17H,1-3,8-10,12H2. The summed E-state index contributed by atoms with van der Waals surface area (Å²) in [5.74, 6) is 0.760. The van der Waals surface area contributed by atoms with Gasteiger partial charge in [-0.3, -0.25) is 0 Å². The van der Waals surface area contributed by atoms with Gasteiger partial charge in [0.15, 0.2) is 0 Å². The highest BCUT2D eigenvalue weighted by atomic mass is 16.5. The molecule has 0 atom stereocenters. The van der Waals surface area contributed by atoms with Gasteiger partial charge in [0.25, 0.3) is 0 Å². The lowest BCUT2D eigenvalue weighted by Crippen LogP contribution is -2.37. The summed E-state index contributed by atoms with van der Waals surface area (Å²) in [6.45, 7) is 0.366. The van der Waals surface area contributed by atoms with Gasteiger partial charge in [0, 0.05) is 0 Å². The normalized spacial score (nSPS) is 18.0. The van der Waals surface area contributed by atoms with Crippen molar-refractivity contribution in [1.82, 2.24) is 0 Å². The minimum absolute atomic E-state index is 0.366. The molecule has 3 nitrogen and oxygen atoms in total. The molecule has 0 bridgehead atoms. The molecule has 0 unspecified atom stereocenters. The summed E-state index contributed by atoms with van der Waals surface area (Å²) in [6, 6.07) is 9.62. The van der Waals surface area contributed by atoms with Crippen LogP contribution in [0.15, 0.2) is 24.3 Å². The van der Waals surface area contributed by atoms with Gasteiger partial charge in [0.05, 0.1) is 18.1 Å². The molecule has 1 aliphatic rings. The van der Waals surface area contributed by atoms with Crippen molar-refractivity contribution in [2.75, 3.05) is 6.61 Å². The molecule has 1 aromatic rings. The Balaban J connectivity index is 1.87. The predicted molar refractivity (Wildman–Crippen MR) is 69.3 cm³/mol. The van der Waals surface area contributed by atoms with Gasteiger partial charge >= 0.3 is 0 Å². The van der Waals surface area contributed by atoms with Crippen LogP contribution in [0, 0.1) is 11.3 Å². The van der Waals surface area contributed by atoms with Crippen molar-refractivity contribution in [3.8, 4) is 11.8 Å². The van der Waals surface area contributed by atoms with Gasteiger partial charge in [-0.2, -0.15) is 5.26 Å². The van der Waals surface area contributed by atoms with Crippen molar-refractivity contribution in [2.45, 2.75) is 44.1 Å². The smallest absolute Gasteiger partial charge is 0.119 e. The molecule has 1 aromatic carbocycles. The average molecular weight is 245 g/mol. The van der Waals surface area contributed by atoms with E-state index in [1.54, 1.807) is 0 Å². The van der Waals surface area contributed by atoms with E-state index in [1.807, 2.05) is 24.3 Å². The van der Waals surface area contributed by atoms with E-state index in [0.29, 0.717) is 13.0 Å². The van der Waals surface area contributed by atoms with E-state index in [1.165, 1.54) is 6.42 Å². The molecule has 1 fully saturated rings. The lowest BCUT2D eigenvalue weighted by atomic mass is 9.85. The first-order valence-corrected chi connectivity index (χ1v) is 6.53. The fourth-order valence-electron chi connectivity index (χ4n) is 2.37. The fourth-order valence-corrected chi connectivity index (χ4v) is 2.37. The van der Waals surface area contributed by atoms with Gasteiger partial charge in [-0.1, -0.05) is 31.4 Å². The lowest BCUT2D eigenvalue weighted by Gasteiger charge is -2.31. The van der Waals surface area contributed by atoms with Crippen LogP contribution >= 0.6 is 0 Å². The second-order valence-electron chi connectivity index (χ2n) is 5.05. The highest BCUT2D eigenvalue weighted by Gasteiger charge is 2.29. The summed E-state index contributed by atoms with van der Waals surface area (Å²) >= 11 is 0. The molecular weight excluding hydrogens is 226 g/mol. The second-order valence-corrected chi connectivity index (χ2v) is 5.05. The van der Waals surface area contributed by atoms with Crippen LogP contribution in [0.1, 0.15) is 37.7 Å². The van der Waals surface area contributed by atoms with Gasteiger partial charge in [-0.25, -0.2) is 0 Å². The molecule has 18 heavy (non-hydrogen) atoms. The van der Waals surface area contributed by atoms with Crippen LogP contribution in [-0.2, 0) is 6.42 Å². The molecule has 0 aromatic heterocycles. The Kier molecular flexibility index (Phi) is 4.22. The van der Waals surface area contributed by atoms with Crippen molar-refractivity contribution in [3.05, 3.63) is 29.8 Å². The number of rotatable bonds is 4. The van der Waals surface area contributed by atoms with E-state index in [0.717, 1.165) is 37.0 Å². The monoisotopic (exact) mass is 245 g/mol. The lowest BCUT2D eigenvalue weighted by molar-refractivity contribution is -0.0339. The van der Waals surface area contributed by atoms with E-state index in [-0.39, 0.29) is 0 Å². The number of benzene rings is 1. The topological polar surface area (TPSA) is 53.2 Å². The molecule has 0 aliphatic heterocycles. The third kappa shape index (κ3) is 3.48. The minimum atomic E-state index is -0.649. The first kappa shape index (κ1) is 12.9. The molecule has 2 rings (SSSR count). The maximum atomic E-state index is 10.3. The summed E-state index contributed by atoms with van der Waals surface area (Å²) in [7, 11) is 0. The summed E-state index contributed by atoms with van der Waals surface area (Å²) in [5, 5.41) is 18.9. The summed E-state index contributed by atoms with van der Waals surface area (Å²) in [6.07, 6.45) is 5.47. The van der Waals surface area contributed by atoms with Crippen LogP contribution in [0.5, 0.6) is 5.75 Å². The summed E-state index contributed by atoms with van der Waals surface area (Å²) < 4.78 is 5.65.